The number of nitrogens with two attached hydrogens (primary N) is 1. The molecule has 0 fully saturated rings. The SMILES string of the molecule is COc1ccc(C(N)CCCc2ccccc2)c(F)c1. The molecule has 0 aliphatic carbocycles. The van der Waals surface area contributed by atoms with Gasteiger partial charge in [0.1, 0.15) is 11.6 Å². The molecule has 0 bridgehead atoms. The summed E-state index contributed by atoms with van der Waals surface area (Å²) in [5.74, 6) is 0.222. The fourth-order valence-corrected chi connectivity index (χ4v) is 2.26. The van der Waals surface area contributed by atoms with Gasteiger partial charge in [-0.25, -0.2) is 4.39 Å². The minimum atomic E-state index is -0.295. The highest BCUT2D eigenvalue weighted by Crippen LogP contribution is 2.23. The average Bonchev–Trinajstić information content (AvgIpc) is 2.48. The summed E-state index contributed by atoms with van der Waals surface area (Å²) in [5.41, 5.74) is 7.91. The minimum absolute atomic E-state index is 0.274. The van der Waals surface area contributed by atoms with Crippen LogP contribution in [0, 0.1) is 5.82 Å². The molecular weight excluding hydrogens is 253 g/mol. The summed E-state index contributed by atoms with van der Waals surface area (Å²) in [6.45, 7) is 0. The average molecular weight is 273 g/mol. The van der Waals surface area contributed by atoms with Crippen molar-refractivity contribution in [3.8, 4) is 5.75 Å². The first-order chi connectivity index (χ1) is 9.70. The van der Waals surface area contributed by atoms with Gasteiger partial charge in [0.2, 0.25) is 0 Å². The van der Waals surface area contributed by atoms with E-state index in [0.29, 0.717) is 11.3 Å². The second kappa shape index (κ2) is 7.06. The molecule has 0 aromatic heterocycles. The maximum absolute atomic E-state index is 13.9. The predicted molar refractivity (Wildman–Crippen MR) is 79.3 cm³/mol. The maximum atomic E-state index is 13.9. The van der Waals surface area contributed by atoms with Crippen LogP contribution in [0.3, 0.4) is 0 Å². The van der Waals surface area contributed by atoms with Crippen LogP contribution in [0.4, 0.5) is 4.39 Å². The number of aryl methyl sites for hydroxylation is 1. The molecular formula is C17H20FNO. The van der Waals surface area contributed by atoms with Gasteiger partial charge in [0.25, 0.3) is 0 Å². The predicted octanol–water partition coefficient (Wildman–Crippen LogP) is 3.86. The molecule has 106 valence electrons. The number of hydrogen-bond acceptors (Lipinski definition) is 2. The Morgan fingerprint density at radius 2 is 1.90 bits per heavy atom. The molecule has 0 radical (unpaired) electrons. The van der Waals surface area contributed by atoms with E-state index in [1.807, 2.05) is 18.2 Å². The first-order valence-electron chi connectivity index (χ1n) is 6.83. The number of benzene rings is 2. The normalized spacial score (nSPS) is 12.2. The smallest absolute Gasteiger partial charge is 0.131 e. The van der Waals surface area contributed by atoms with Gasteiger partial charge in [0.15, 0.2) is 0 Å². The summed E-state index contributed by atoms with van der Waals surface area (Å²) < 4.78 is 18.9. The molecule has 0 spiro atoms. The molecule has 3 heteroatoms. The monoisotopic (exact) mass is 273 g/mol. The third-order valence-electron chi connectivity index (χ3n) is 3.43. The summed E-state index contributed by atoms with van der Waals surface area (Å²) in [6.07, 6.45) is 2.67. The molecule has 0 saturated carbocycles. The van der Waals surface area contributed by atoms with E-state index < -0.39 is 0 Å². The van der Waals surface area contributed by atoms with E-state index in [4.69, 9.17) is 10.5 Å². The topological polar surface area (TPSA) is 35.2 Å². The van der Waals surface area contributed by atoms with Crippen molar-refractivity contribution in [1.29, 1.82) is 0 Å². The first kappa shape index (κ1) is 14.5. The van der Waals surface area contributed by atoms with Crippen molar-refractivity contribution in [2.45, 2.75) is 25.3 Å². The van der Waals surface area contributed by atoms with Crippen molar-refractivity contribution >= 4 is 0 Å². The van der Waals surface area contributed by atoms with E-state index in [1.165, 1.54) is 18.7 Å². The summed E-state index contributed by atoms with van der Waals surface area (Å²) in [4.78, 5) is 0. The highest BCUT2D eigenvalue weighted by Gasteiger charge is 2.12. The molecule has 1 unspecified atom stereocenters. The van der Waals surface area contributed by atoms with Gasteiger partial charge in [-0.1, -0.05) is 36.4 Å². The Balaban J connectivity index is 1.90. The van der Waals surface area contributed by atoms with Crippen molar-refractivity contribution in [2.24, 2.45) is 5.73 Å². The molecule has 0 saturated heterocycles. The van der Waals surface area contributed by atoms with Crippen LogP contribution < -0.4 is 10.5 Å². The van der Waals surface area contributed by atoms with Gasteiger partial charge in [-0.15, -0.1) is 0 Å². The Hall–Kier alpha value is -1.87. The van der Waals surface area contributed by atoms with Gasteiger partial charge in [-0.05, 0) is 30.9 Å². The summed E-state index contributed by atoms with van der Waals surface area (Å²) >= 11 is 0. The molecule has 2 aromatic rings. The lowest BCUT2D eigenvalue weighted by atomic mass is 9.99. The number of rotatable bonds is 6. The highest BCUT2D eigenvalue weighted by atomic mass is 19.1. The lowest BCUT2D eigenvalue weighted by Gasteiger charge is -2.13. The van der Waals surface area contributed by atoms with E-state index in [0.717, 1.165) is 19.3 Å². The summed E-state index contributed by atoms with van der Waals surface area (Å²) in [7, 11) is 1.52. The Morgan fingerprint density at radius 3 is 2.55 bits per heavy atom. The van der Waals surface area contributed by atoms with Crippen molar-refractivity contribution in [2.75, 3.05) is 7.11 Å². The van der Waals surface area contributed by atoms with Crippen LogP contribution in [-0.2, 0) is 6.42 Å². The van der Waals surface area contributed by atoms with Crippen LogP contribution in [0.1, 0.15) is 30.0 Å². The van der Waals surface area contributed by atoms with Crippen LogP contribution in [0.5, 0.6) is 5.75 Å². The third kappa shape index (κ3) is 3.81. The number of halogens is 1. The third-order valence-corrected chi connectivity index (χ3v) is 3.43. The molecule has 0 amide bonds. The Morgan fingerprint density at radius 1 is 1.15 bits per heavy atom. The molecule has 1 atom stereocenters. The van der Waals surface area contributed by atoms with E-state index in [9.17, 15) is 4.39 Å². The quantitative estimate of drug-likeness (QED) is 0.867. The van der Waals surface area contributed by atoms with Crippen molar-refractivity contribution in [3.05, 3.63) is 65.5 Å². The van der Waals surface area contributed by atoms with Crippen LogP contribution in [0.2, 0.25) is 0 Å². The fourth-order valence-electron chi connectivity index (χ4n) is 2.26. The zero-order valence-electron chi connectivity index (χ0n) is 11.7. The van der Waals surface area contributed by atoms with E-state index >= 15 is 0 Å². The van der Waals surface area contributed by atoms with Gasteiger partial charge in [-0.3, -0.25) is 0 Å². The number of hydrogen-bond donors (Lipinski definition) is 1. The van der Waals surface area contributed by atoms with Crippen molar-refractivity contribution < 1.29 is 9.13 Å². The second-order valence-electron chi connectivity index (χ2n) is 4.87. The van der Waals surface area contributed by atoms with Gasteiger partial charge in [-0.2, -0.15) is 0 Å². The molecule has 0 aliphatic rings. The second-order valence-corrected chi connectivity index (χ2v) is 4.87. The largest absolute Gasteiger partial charge is 0.497 e. The van der Waals surface area contributed by atoms with Gasteiger partial charge < -0.3 is 10.5 Å². The molecule has 2 N–H and O–H groups in total. The van der Waals surface area contributed by atoms with Gasteiger partial charge in [0.05, 0.1) is 7.11 Å². The summed E-state index contributed by atoms with van der Waals surface area (Å²) in [5, 5.41) is 0. The molecule has 0 heterocycles. The number of methoxy groups -OCH3 is 1. The lowest BCUT2D eigenvalue weighted by Crippen LogP contribution is -2.12. The Bertz CT molecular complexity index is 542. The lowest BCUT2D eigenvalue weighted by molar-refractivity contribution is 0.410. The maximum Gasteiger partial charge on any atom is 0.131 e. The molecule has 2 aromatic carbocycles. The van der Waals surface area contributed by atoms with E-state index in [2.05, 4.69) is 12.1 Å². The van der Waals surface area contributed by atoms with Crippen molar-refractivity contribution in [1.82, 2.24) is 0 Å². The first-order valence-corrected chi connectivity index (χ1v) is 6.83. The molecule has 20 heavy (non-hydrogen) atoms. The standard InChI is InChI=1S/C17H20FNO/c1-20-14-10-11-15(16(18)12-14)17(19)9-5-8-13-6-3-2-4-7-13/h2-4,6-7,10-12,17H,5,8-9,19H2,1H3. The number of ether oxygens (including phenoxy) is 1. The van der Waals surface area contributed by atoms with E-state index in [1.54, 1.807) is 12.1 Å². The Kier molecular flexibility index (Phi) is 5.13. The zero-order valence-corrected chi connectivity index (χ0v) is 11.7. The van der Waals surface area contributed by atoms with Gasteiger partial charge >= 0.3 is 0 Å². The molecule has 2 rings (SSSR count). The molecule has 0 aliphatic heterocycles. The minimum Gasteiger partial charge on any atom is -0.497 e. The summed E-state index contributed by atoms with van der Waals surface area (Å²) in [6, 6.07) is 14.8. The fraction of sp³-hybridized carbons (Fsp3) is 0.294. The van der Waals surface area contributed by atoms with Crippen molar-refractivity contribution in [3.63, 3.8) is 0 Å². The van der Waals surface area contributed by atoms with Crippen LogP contribution in [0.25, 0.3) is 0 Å². The molecule has 2 nitrogen and oxygen atoms in total. The van der Waals surface area contributed by atoms with Gasteiger partial charge in [0, 0.05) is 17.7 Å². The van der Waals surface area contributed by atoms with Crippen LogP contribution >= 0.6 is 0 Å². The van der Waals surface area contributed by atoms with E-state index in [-0.39, 0.29) is 11.9 Å². The Labute approximate surface area is 119 Å². The zero-order chi connectivity index (χ0) is 14.4. The highest BCUT2D eigenvalue weighted by molar-refractivity contribution is 5.30. The van der Waals surface area contributed by atoms with Crippen LogP contribution in [-0.4, -0.2) is 7.11 Å². The van der Waals surface area contributed by atoms with Crippen LogP contribution in [0.15, 0.2) is 48.5 Å².